The number of H-pyrrole nitrogens is 1. The van der Waals surface area contributed by atoms with Crippen LogP contribution in [0.2, 0.25) is 0 Å². The first-order chi connectivity index (χ1) is 13.1. The Labute approximate surface area is 164 Å². The monoisotopic (exact) mass is 395 g/mol. The third kappa shape index (κ3) is 4.01. The molecule has 2 N–H and O–H groups in total. The third-order valence-corrected chi connectivity index (χ3v) is 5.85. The van der Waals surface area contributed by atoms with Gasteiger partial charge in [0.25, 0.3) is 0 Å². The zero-order valence-corrected chi connectivity index (χ0v) is 16.4. The molecule has 8 heteroatoms. The molecule has 0 saturated carbocycles. The molecule has 0 aliphatic heterocycles. The summed E-state index contributed by atoms with van der Waals surface area (Å²) in [5, 5.41) is 12.8. The van der Waals surface area contributed by atoms with Gasteiger partial charge in [0, 0.05) is 5.56 Å². The number of imidazole rings is 1. The number of thioether (sulfide) groups is 1. The third-order valence-electron chi connectivity index (χ3n) is 3.98. The van der Waals surface area contributed by atoms with Gasteiger partial charge in [0.15, 0.2) is 5.16 Å². The van der Waals surface area contributed by atoms with Crippen LogP contribution < -0.4 is 5.32 Å². The predicted molar refractivity (Wildman–Crippen MR) is 110 cm³/mol. The van der Waals surface area contributed by atoms with E-state index in [0.717, 1.165) is 26.8 Å². The zero-order valence-electron chi connectivity index (χ0n) is 14.8. The maximum Gasteiger partial charge on any atom is 0.239 e. The number of amides is 1. The summed E-state index contributed by atoms with van der Waals surface area (Å²) in [4.78, 5) is 20.2. The second kappa shape index (κ2) is 7.50. The second-order valence-electron chi connectivity index (χ2n) is 6.09. The highest BCUT2D eigenvalue weighted by atomic mass is 32.2. The van der Waals surface area contributed by atoms with Crippen molar-refractivity contribution >= 4 is 45.2 Å². The molecule has 1 atom stereocenters. The van der Waals surface area contributed by atoms with E-state index in [1.807, 2.05) is 62.4 Å². The number of carbonyl (C=O) groups is 1. The molecule has 0 aliphatic carbocycles. The molecule has 4 rings (SSSR count). The van der Waals surface area contributed by atoms with Crippen LogP contribution >= 0.6 is 23.1 Å². The van der Waals surface area contributed by atoms with Crippen LogP contribution in [0, 0.1) is 6.92 Å². The molecule has 0 aliphatic rings. The number of fused-ring (bicyclic) bond motifs is 1. The van der Waals surface area contributed by atoms with E-state index >= 15 is 0 Å². The summed E-state index contributed by atoms with van der Waals surface area (Å²) in [5.41, 5.74) is 4.02. The van der Waals surface area contributed by atoms with Crippen LogP contribution in [0.25, 0.3) is 21.6 Å². The van der Waals surface area contributed by atoms with Crippen molar-refractivity contribution in [3.63, 3.8) is 0 Å². The smallest absolute Gasteiger partial charge is 0.239 e. The fourth-order valence-corrected chi connectivity index (χ4v) is 4.07. The van der Waals surface area contributed by atoms with Gasteiger partial charge in [-0.25, -0.2) is 4.98 Å². The van der Waals surface area contributed by atoms with Crippen molar-refractivity contribution in [2.75, 3.05) is 5.32 Å². The van der Waals surface area contributed by atoms with Crippen molar-refractivity contribution in [1.82, 2.24) is 20.2 Å². The number of hydrogen-bond donors (Lipinski definition) is 2. The fraction of sp³-hybridized carbons (Fsp3) is 0.158. The van der Waals surface area contributed by atoms with Gasteiger partial charge in [0.2, 0.25) is 11.0 Å². The number of aromatic amines is 1. The van der Waals surface area contributed by atoms with Crippen molar-refractivity contribution < 1.29 is 4.79 Å². The summed E-state index contributed by atoms with van der Waals surface area (Å²) in [6.07, 6.45) is 0. The lowest BCUT2D eigenvalue weighted by molar-refractivity contribution is -0.115. The molecule has 0 fully saturated rings. The Morgan fingerprint density at radius 3 is 2.70 bits per heavy atom. The lowest BCUT2D eigenvalue weighted by atomic mass is 10.2. The average molecular weight is 396 g/mol. The Balaban J connectivity index is 1.41. The van der Waals surface area contributed by atoms with Crippen molar-refractivity contribution in [1.29, 1.82) is 0 Å². The second-order valence-corrected chi connectivity index (χ2v) is 8.39. The van der Waals surface area contributed by atoms with E-state index in [0.29, 0.717) is 5.13 Å². The average Bonchev–Trinajstić information content (AvgIpc) is 3.28. The van der Waals surface area contributed by atoms with Gasteiger partial charge in [0.1, 0.15) is 5.01 Å². The summed E-state index contributed by atoms with van der Waals surface area (Å²) in [6.45, 7) is 3.88. The molecule has 0 spiro atoms. The Hall–Kier alpha value is -2.71. The summed E-state index contributed by atoms with van der Waals surface area (Å²) < 4.78 is 0. The Kier molecular flexibility index (Phi) is 4.91. The van der Waals surface area contributed by atoms with Gasteiger partial charge >= 0.3 is 0 Å². The van der Waals surface area contributed by atoms with Gasteiger partial charge < -0.3 is 4.98 Å². The molecule has 136 valence electrons. The first-order valence-corrected chi connectivity index (χ1v) is 10.1. The largest absolute Gasteiger partial charge is 0.333 e. The number of aromatic nitrogens is 4. The molecular formula is C19H17N5OS2. The first-order valence-electron chi connectivity index (χ1n) is 8.41. The van der Waals surface area contributed by atoms with Crippen LogP contribution in [0.1, 0.15) is 12.5 Å². The minimum Gasteiger partial charge on any atom is -0.333 e. The number of hydrogen-bond acceptors (Lipinski definition) is 6. The van der Waals surface area contributed by atoms with E-state index in [-0.39, 0.29) is 11.2 Å². The van der Waals surface area contributed by atoms with Crippen LogP contribution in [-0.4, -0.2) is 31.3 Å². The van der Waals surface area contributed by atoms with Crippen LogP contribution in [0.5, 0.6) is 0 Å². The summed E-state index contributed by atoms with van der Waals surface area (Å²) in [6, 6.07) is 15.9. The molecule has 1 amide bonds. The first kappa shape index (κ1) is 17.7. The number of aryl methyl sites for hydroxylation is 1. The minimum absolute atomic E-state index is 0.132. The van der Waals surface area contributed by atoms with Gasteiger partial charge in [-0.3, -0.25) is 10.1 Å². The van der Waals surface area contributed by atoms with Gasteiger partial charge in [-0.05, 0) is 26.0 Å². The highest BCUT2D eigenvalue weighted by Gasteiger charge is 2.18. The summed E-state index contributed by atoms with van der Waals surface area (Å²) in [5.74, 6) is -0.132. The van der Waals surface area contributed by atoms with Crippen molar-refractivity contribution in [3.8, 4) is 10.6 Å². The number of carbonyl (C=O) groups excluding carboxylic acids is 1. The molecule has 4 aromatic rings. The Bertz CT molecular complexity index is 1050. The SMILES string of the molecule is Cc1ccc(-c2nnc(NC(=O)C(C)Sc3nc4ccccc4[nH]3)s2)cc1. The van der Waals surface area contributed by atoms with E-state index in [1.165, 1.54) is 28.7 Å². The van der Waals surface area contributed by atoms with Crippen LogP contribution in [0.4, 0.5) is 5.13 Å². The van der Waals surface area contributed by atoms with E-state index in [9.17, 15) is 4.79 Å². The number of anilines is 1. The highest BCUT2D eigenvalue weighted by Crippen LogP contribution is 2.28. The lowest BCUT2D eigenvalue weighted by Gasteiger charge is -2.07. The Morgan fingerprint density at radius 2 is 1.93 bits per heavy atom. The molecular weight excluding hydrogens is 378 g/mol. The quantitative estimate of drug-likeness (QED) is 0.486. The topological polar surface area (TPSA) is 83.6 Å². The van der Waals surface area contributed by atoms with E-state index in [2.05, 4.69) is 25.5 Å². The molecule has 0 radical (unpaired) electrons. The van der Waals surface area contributed by atoms with E-state index in [4.69, 9.17) is 0 Å². The Morgan fingerprint density at radius 1 is 1.15 bits per heavy atom. The molecule has 0 saturated heterocycles. The van der Waals surface area contributed by atoms with Crippen LogP contribution in [-0.2, 0) is 4.79 Å². The number of benzene rings is 2. The zero-order chi connectivity index (χ0) is 18.8. The molecule has 27 heavy (non-hydrogen) atoms. The van der Waals surface area contributed by atoms with Gasteiger partial charge in [-0.1, -0.05) is 65.1 Å². The number of nitrogens with zero attached hydrogens (tertiary/aromatic N) is 3. The molecule has 6 nitrogen and oxygen atoms in total. The van der Waals surface area contributed by atoms with Gasteiger partial charge in [-0.15, -0.1) is 10.2 Å². The lowest BCUT2D eigenvalue weighted by Crippen LogP contribution is -2.22. The summed E-state index contributed by atoms with van der Waals surface area (Å²) >= 11 is 2.74. The standard InChI is InChI=1S/C19H17N5OS2/c1-11-7-9-13(10-8-11)17-23-24-19(27-17)22-16(25)12(2)26-18-20-14-5-3-4-6-15(14)21-18/h3-10,12H,1-2H3,(H,20,21)(H,22,24,25). The molecule has 2 aromatic carbocycles. The number of nitrogens with one attached hydrogen (secondary N) is 2. The van der Waals surface area contributed by atoms with E-state index in [1.54, 1.807) is 0 Å². The molecule has 1 unspecified atom stereocenters. The maximum atomic E-state index is 12.5. The van der Waals surface area contributed by atoms with Crippen molar-refractivity contribution in [2.45, 2.75) is 24.3 Å². The van der Waals surface area contributed by atoms with Crippen molar-refractivity contribution in [2.24, 2.45) is 0 Å². The van der Waals surface area contributed by atoms with E-state index < -0.39 is 0 Å². The highest BCUT2D eigenvalue weighted by molar-refractivity contribution is 8.00. The van der Waals surface area contributed by atoms with Gasteiger partial charge in [-0.2, -0.15) is 0 Å². The van der Waals surface area contributed by atoms with Crippen LogP contribution in [0.15, 0.2) is 53.7 Å². The predicted octanol–water partition coefficient (Wildman–Crippen LogP) is 4.51. The molecule has 2 aromatic heterocycles. The fourth-order valence-electron chi connectivity index (χ4n) is 2.50. The molecule has 2 heterocycles. The molecule has 0 bridgehead atoms. The maximum absolute atomic E-state index is 12.5. The van der Waals surface area contributed by atoms with Gasteiger partial charge in [0.05, 0.1) is 16.3 Å². The van der Waals surface area contributed by atoms with Crippen molar-refractivity contribution in [3.05, 3.63) is 54.1 Å². The number of para-hydroxylation sites is 2. The number of rotatable bonds is 5. The van der Waals surface area contributed by atoms with Crippen LogP contribution in [0.3, 0.4) is 0 Å². The minimum atomic E-state index is -0.322. The summed E-state index contributed by atoms with van der Waals surface area (Å²) in [7, 11) is 0. The normalized spacial score (nSPS) is 12.2.